The first-order valence-corrected chi connectivity index (χ1v) is 8.72. The minimum absolute atomic E-state index is 0.0682. The van der Waals surface area contributed by atoms with Crippen LogP contribution in [-0.4, -0.2) is 40.3 Å². The second-order valence-electron chi connectivity index (χ2n) is 5.43. The summed E-state index contributed by atoms with van der Waals surface area (Å²) in [5.41, 5.74) is -0.262. The number of hydrogen-bond acceptors (Lipinski definition) is 6. The second kappa shape index (κ2) is 6.96. The van der Waals surface area contributed by atoms with E-state index >= 15 is 0 Å². The predicted octanol–water partition coefficient (Wildman–Crippen LogP) is 2.55. The van der Waals surface area contributed by atoms with E-state index in [2.05, 4.69) is 5.32 Å². The molecule has 26 heavy (non-hydrogen) atoms. The van der Waals surface area contributed by atoms with Gasteiger partial charge in [0.05, 0.1) is 10.5 Å². The summed E-state index contributed by atoms with van der Waals surface area (Å²) in [7, 11) is 0. The lowest BCUT2D eigenvalue weighted by atomic mass is 10.1. The topological polar surface area (TPSA) is 110 Å². The van der Waals surface area contributed by atoms with Crippen LogP contribution in [0.3, 0.4) is 0 Å². The molecule has 2 aromatic rings. The number of nitrogens with zero attached hydrogens (tertiary/aromatic N) is 2. The molecule has 0 spiro atoms. The highest BCUT2D eigenvalue weighted by Gasteiger charge is 2.41. The first-order valence-electron chi connectivity index (χ1n) is 7.50. The standard InChI is InChI=1S/C17H13N3O5S/c1-26-11-5-2-4-10(8-11)18-14(21)9-19-16(22)12-6-3-7-13(20(24)25)15(12)17(19)23/h2-8H,9H2,1H3,(H,18,21). The maximum Gasteiger partial charge on any atom is 0.282 e. The summed E-state index contributed by atoms with van der Waals surface area (Å²) in [6.07, 6.45) is 1.90. The van der Waals surface area contributed by atoms with Gasteiger partial charge in [0.2, 0.25) is 5.91 Å². The number of carbonyl (C=O) groups is 3. The van der Waals surface area contributed by atoms with Crippen molar-refractivity contribution in [1.29, 1.82) is 0 Å². The Bertz CT molecular complexity index is 944. The van der Waals surface area contributed by atoms with Gasteiger partial charge in [0.25, 0.3) is 17.5 Å². The molecule has 0 saturated carbocycles. The van der Waals surface area contributed by atoms with Gasteiger partial charge in [0, 0.05) is 16.6 Å². The molecule has 1 aliphatic heterocycles. The summed E-state index contributed by atoms with van der Waals surface area (Å²) in [4.78, 5) is 49.1. The number of rotatable bonds is 5. The highest BCUT2D eigenvalue weighted by molar-refractivity contribution is 7.98. The number of fused-ring (bicyclic) bond motifs is 1. The molecule has 3 rings (SSSR count). The summed E-state index contributed by atoms with van der Waals surface area (Å²) in [5, 5.41) is 13.7. The fourth-order valence-corrected chi connectivity index (χ4v) is 3.12. The van der Waals surface area contributed by atoms with Crippen LogP contribution in [0.1, 0.15) is 20.7 Å². The molecule has 0 aliphatic carbocycles. The van der Waals surface area contributed by atoms with Crippen LogP contribution in [0.15, 0.2) is 47.4 Å². The van der Waals surface area contributed by atoms with E-state index < -0.39 is 34.9 Å². The Balaban J connectivity index is 1.79. The summed E-state index contributed by atoms with van der Waals surface area (Å²) in [6, 6.07) is 10.9. The van der Waals surface area contributed by atoms with Crippen LogP contribution < -0.4 is 5.32 Å². The molecule has 0 atom stereocenters. The molecule has 132 valence electrons. The Kier molecular flexibility index (Phi) is 4.72. The monoisotopic (exact) mass is 371 g/mol. The predicted molar refractivity (Wildman–Crippen MR) is 95.3 cm³/mol. The molecular formula is C17H13N3O5S. The maximum absolute atomic E-state index is 12.4. The van der Waals surface area contributed by atoms with Crippen molar-refractivity contribution in [2.75, 3.05) is 18.1 Å². The lowest BCUT2D eigenvalue weighted by Crippen LogP contribution is -2.37. The molecule has 1 heterocycles. The molecule has 9 heteroatoms. The fraction of sp³-hybridized carbons (Fsp3) is 0.118. The van der Waals surface area contributed by atoms with E-state index in [-0.39, 0.29) is 11.1 Å². The highest BCUT2D eigenvalue weighted by atomic mass is 32.2. The van der Waals surface area contributed by atoms with Gasteiger partial charge in [-0.1, -0.05) is 12.1 Å². The Morgan fingerprint density at radius 2 is 1.92 bits per heavy atom. The minimum Gasteiger partial charge on any atom is -0.324 e. The van der Waals surface area contributed by atoms with E-state index in [0.29, 0.717) is 10.6 Å². The number of thioether (sulfide) groups is 1. The van der Waals surface area contributed by atoms with Gasteiger partial charge in [-0.3, -0.25) is 29.4 Å². The van der Waals surface area contributed by atoms with Crippen molar-refractivity contribution in [3.05, 3.63) is 63.7 Å². The van der Waals surface area contributed by atoms with E-state index in [0.717, 1.165) is 11.0 Å². The number of carbonyl (C=O) groups excluding carboxylic acids is 3. The van der Waals surface area contributed by atoms with Crippen molar-refractivity contribution in [3.63, 3.8) is 0 Å². The molecule has 2 aromatic carbocycles. The van der Waals surface area contributed by atoms with Gasteiger partial charge in [-0.2, -0.15) is 0 Å². The summed E-state index contributed by atoms with van der Waals surface area (Å²) < 4.78 is 0. The maximum atomic E-state index is 12.4. The van der Waals surface area contributed by atoms with Crippen molar-refractivity contribution in [3.8, 4) is 0 Å². The summed E-state index contributed by atoms with van der Waals surface area (Å²) >= 11 is 1.51. The van der Waals surface area contributed by atoms with Gasteiger partial charge in [-0.25, -0.2) is 0 Å². The third-order valence-electron chi connectivity index (χ3n) is 3.83. The van der Waals surface area contributed by atoms with Crippen LogP contribution >= 0.6 is 11.8 Å². The van der Waals surface area contributed by atoms with Gasteiger partial charge >= 0.3 is 0 Å². The van der Waals surface area contributed by atoms with Crippen molar-refractivity contribution in [2.45, 2.75) is 4.90 Å². The average molecular weight is 371 g/mol. The van der Waals surface area contributed by atoms with Crippen LogP contribution in [0.4, 0.5) is 11.4 Å². The smallest absolute Gasteiger partial charge is 0.282 e. The zero-order valence-corrected chi connectivity index (χ0v) is 14.4. The number of imide groups is 1. The van der Waals surface area contributed by atoms with Crippen LogP contribution in [0.25, 0.3) is 0 Å². The molecule has 0 aromatic heterocycles. The van der Waals surface area contributed by atoms with E-state index in [1.54, 1.807) is 18.2 Å². The number of hydrogen-bond donors (Lipinski definition) is 1. The van der Waals surface area contributed by atoms with E-state index in [1.807, 2.05) is 12.3 Å². The van der Waals surface area contributed by atoms with Crippen molar-refractivity contribution in [2.24, 2.45) is 0 Å². The van der Waals surface area contributed by atoms with Crippen molar-refractivity contribution in [1.82, 2.24) is 4.90 Å². The lowest BCUT2D eigenvalue weighted by molar-refractivity contribution is -0.385. The van der Waals surface area contributed by atoms with E-state index in [4.69, 9.17) is 0 Å². The van der Waals surface area contributed by atoms with E-state index in [9.17, 15) is 24.5 Å². The molecule has 1 aliphatic rings. The normalized spacial score (nSPS) is 12.9. The number of nitro benzene ring substituents is 1. The highest BCUT2D eigenvalue weighted by Crippen LogP contribution is 2.30. The van der Waals surface area contributed by atoms with Gasteiger partial charge in [0.15, 0.2) is 0 Å². The minimum atomic E-state index is -0.842. The molecule has 1 N–H and O–H groups in total. The zero-order valence-electron chi connectivity index (χ0n) is 13.6. The molecule has 0 fully saturated rings. The molecule has 0 saturated heterocycles. The third-order valence-corrected chi connectivity index (χ3v) is 4.55. The van der Waals surface area contributed by atoms with Crippen LogP contribution in [0.5, 0.6) is 0 Å². The Morgan fingerprint density at radius 3 is 2.62 bits per heavy atom. The molecule has 0 radical (unpaired) electrons. The fourth-order valence-electron chi connectivity index (χ4n) is 2.66. The molecule has 0 bridgehead atoms. The third kappa shape index (κ3) is 3.16. The number of nitro groups is 1. The van der Waals surface area contributed by atoms with Gasteiger partial charge in [-0.05, 0) is 30.5 Å². The van der Waals surface area contributed by atoms with Gasteiger partial charge < -0.3 is 5.32 Å². The molecule has 0 unspecified atom stereocenters. The van der Waals surface area contributed by atoms with Gasteiger partial charge in [0.1, 0.15) is 12.1 Å². The Hall–Kier alpha value is -3.20. The summed E-state index contributed by atoms with van der Waals surface area (Å²) in [5.74, 6) is -2.13. The molecule has 3 amide bonds. The van der Waals surface area contributed by atoms with Crippen molar-refractivity contribution < 1.29 is 19.3 Å². The summed E-state index contributed by atoms with van der Waals surface area (Å²) in [6.45, 7) is -0.521. The van der Waals surface area contributed by atoms with Crippen LogP contribution in [0, 0.1) is 10.1 Å². The molecular weight excluding hydrogens is 358 g/mol. The number of anilines is 1. The lowest BCUT2D eigenvalue weighted by Gasteiger charge is -2.13. The number of nitrogens with one attached hydrogen (secondary N) is 1. The number of amides is 3. The first kappa shape index (κ1) is 17.6. The van der Waals surface area contributed by atoms with Crippen LogP contribution in [-0.2, 0) is 4.79 Å². The number of benzene rings is 2. The largest absolute Gasteiger partial charge is 0.324 e. The Labute approximate surface area is 152 Å². The SMILES string of the molecule is CSc1cccc(NC(=O)CN2C(=O)c3cccc([N+](=O)[O-])c3C2=O)c1. The Morgan fingerprint density at radius 1 is 1.19 bits per heavy atom. The zero-order chi connectivity index (χ0) is 18.8. The van der Waals surface area contributed by atoms with Crippen molar-refractivity contribution >= 4 is 40.9 Å². The average Bonchev–Trinajstić information content (AvgIpc) is 2.86. The van der Waals surface area contributed by atoms with E-state index in [1.165, 1.54) is 23.9 Å². The van der Waals surface area contributed by atoms with Gasteiger partial charge in [-0.15, -0.1) is 11.8 Å². The van der Waals surface area contributed by atoms with Crippen LogP contribution in [0.2, 0.25) is 0 Å². The second-order valence-corrected chi connectivity index (χ2v) is 6.31. The quantitative estimate of drug-likeness (QED) is 0.374. The first-order chi connectivity index (χ1) is 12.4. The molecule has 8 nitrogen and oxygen atoms in total.